The predicted octanol–water partition coefficient (Wildman–Crippen LogP) is 0.274. The van der Waals surface area contributed by atoms with E-state index in [4.69, 9.17) is 5.11 Å². The molecule has 1 fully saturated rings. The van der Waals surface area contributed by atoms with Crippen molar-refractivity contribution in [2.24, 2.45) is 11.8 Å². The third-order valence-electron chi connectivity index (χ3n) is 3.75. The van der Waals surface area contributed by atoms with Crippen LogP contribution >= 0.6 is 0 Å². The molecule has 1 amide bonds. The van der Waals surface area contributed by atoms with Crippen LogP contribution in [0.25, 0.3) is 0 Å². The summed E-state index contributed by atoms with van der Waals surface area (Å²) in [7, 11) is -3.30. The van der Waals surface area contributed by atoms with Crippen molar-refractivity contribution in [3.8, 4) is 0 Å². The smallest absolute Gasteiger partial charge is 0.305 e. The molecular weight excluding hydrogens is 296 g/mol. The minimum Gasteiger partial charge on any atom is -0.481 e. The van der Waals surface area contributed by atoms with E-state index < -0.39 is 28.0 Å². The molecule has 122 valence electrons. The Bertz CT molecular complexity index is 489. The van der Waals surface area contributed by atoms with Gasteiger partial charge in [-0.3, -0.25) is 9.59 Å². The van der Waals surface area contributed by atoms with Gasteiger partial charge in [-0.2, -0.15) is 0 Å². The molecule has 1 aliphatic rings. The third-order valence-corrected chi connectivity index (χ3v) is 5.02. The quantitative estimate of drug-likeness (QED) is 0.731. The molecule has 0 aromatic rings. The molecule has 0 spiro atoms. The Balaban J connectivity index is 2.67. The molecule has 0 saturated carbocycles. The zero-order valence-electron chi connectivity index (χ0n) is 12.7. The minimum absolute atomic E-state index is 0.000323. The topological polar surface area (TPSA) is 104 Å². The van der Waals surface area contributed by atoms with Crippen LogP contribution in [0, 0.1) is 11.8 Å². The molecule has 1 heterocycles. The molecule has 0 aromatic carbocycles. The van der Waals surface area contributed by atoms with Crippen LogP contribution in [0.4, 0.5) is 0 Å². The van der Waals surface area contributed by atoms with Crippen LogP contribution in [0.1, 0.15) is 33.1 Å². The summed E-state index contributed by atoms with van der Waals surface area (Å²) < 4.78 is 24.4. The van der Waals surface area contributed by atoms with Gasteiger partial charge in [-0.05, 0) is 18.8 Å². The zero-order valence-corrected chi connectivity index (χ0v) is 13.5. The first-order valence-corrected chi connectivity index (χ1v) is 8.93. The third kappa shape index (κ3) is 5.62. The fourth-order valence-corrected chi connectivity index (χ4v) is 3.31. The van der Waals surface area contributed by atoms with E-state index in [0.29, 0.717) is 19.4 Å². The normalized spacial score (nSPS) is 22.0. The first-order chi connectivity index (χ1) is 9.61. The van der Waals surface area contributed by atoms with Crippen molar-refractivity contribution in [1.82, 2.24) is 9.62 Å². The highest BCUT2D eigenvalue weighted by molar-refractivity contribution is 7.88. The first-order valence-electron chi connectivity index (χ1n) is 7.08. The van der Waals surface area contributed by atoms with Crippen LogP contribution in [0.2, 0.25) is 0 Å². The van der Waals surface area contributed by atoms with Crippen molar-refractivity contribution >= 4 is 21.9 Å². The van der Waals surface area contributed by atoms with Gasteiger partial charge in [0.2, 0.25) is 15.9 Å². The number of carboxylic acids is 1. The average molecular weight is 320 g/mol. The maximum absolute atomic E-state index is 12.2. The molecule has 7 nitrogen and oxygen atoms in total. The summed E-state index contributed by atoms with van der Waals surface area (Å²) in [6, 6.07) is -0.441. The Kier molecular flexibility index (Phi) is 6.15. The van der Waals surface area contributed by atoms with E-state index in [1.807, 2.05) is 13.8 Å². The molecule has 1 saturated heterocycles. The molecule has 0 radical (unpaired) electrons. The van der Waals surface area contributed by atoms with Gasteiger partial charge >= 0.3 is 5.97 Å². The fourth-order valence-electron chi connectivity index (χ4n) is 2.40. The molecule has 8 heteroatoms. The van der Waals surface area contributed by atoms with Crippen molar-refractivity contribution < 1.29 is 23.1 Å². The second kappa shape index (κ2) is 7.22. The molecule has 0 aliphatic carbocycles. The lowest BCUT2D eigenvalue weighted by Gasteiger charge is -2.31. The Morgan fingerprint density at radius 1 is 1.38 bits per heavy atom. The van der Waals surface area contributed by atoms with Gasteiger partial charge in [0, 0.05) is 19.1 Å². The number of sulfonamides is 1. The van der Waals surface area contributed by atoms with Gasteiger partial charge in [0.05, 0.1) is 18.6 Å². The van der Waals surface area contributed by atoms with Gasteiger partial charge in [-0.1, -0.05) is 13.8 Å². The van der Waals surface area contributed by atoms with Crippen molar-refractivity contribution in [2.75, 3.05) is 19.3 Å². The summed E-state index contributed by atoms with van der Waals surface area (Å²) in [4.78, 5) is 23.1. The second-order valence-electron chi connectivity index (χ2n) is 5.92. The van der Waals surface area contributed by atoms with Gasteiger partial charge in [-0.15, -0.1) is 0 Å². The summed E-state index contributed by atoms with van der Waals surface area (Å²) in [5.41, 5.74) is 0. The highest BCUT2D eigenvalue weighted by atomic mass is 32.2. The number of nitrogens with zero attached hydrogens (tertiary/aromatic N) is 1. The van der Waals surface area contributed by atoms with Gasteiger partial charge in [0.15, 0.2) is 0 Å². The van der Waals surface area contributed by atoms with E-state index in [9.17, 15) is 18.0 Å². The highest BCUT2D eigenvalue weighted by Crippen LogP contribution is 2.19. The Labute approximate surface area is 125 Å². The highest BCUT2D eigenvalue weighted by Gasteiger charge is 2.31. The number of rotatable bonds is 6. The number of carbonyl (C=O) groups excluding carboxylic acids is 1. The number of carboxylic acid groups (broad SMARTS) is 1. The van der Waals surface area contributed by atoms with Gasteiger partial charge in [0.1, 0.15) is 0 Å². The van der Waals surface area contributed by atoms with Crippen molar-refractivity contribution in [1.29, 1.82) is 0 Å². The lowest BCUT2D eigenvalue weighted by atomic mass is 9.96. The summed E-state index contributed by atoms with van der Waals surface area (Å²) in [5.74, 6) is -1.64. The molecule has 1 aliphatic heterocycles. The summed E-state index contributed by atoms with van der Waals surface area (Å²) in [5, 5.41) is 11.6. The van der Waals surface area contributed by atoms with E-state index in [-0.39, 0.29) is 24.8 Å². The number of carbonyl (C=O) groups is 2. The summed E-state index contributed by atoms with van der Waals surface area (Å²) in [6.07, 6.45) is 2.26. The van der Waals surface area contributed by atoms with Crippen molar-refractivity contribution in [3.05, 3.63) is 0 Å². The fraction of sp³-hybridized carbons (Fsp3) is 0.846. The van der Waals surface area contributed by atoms with Gasteiger partial charge < -0.3 is 10.4 Å². The number of nitrogens with one attached hydrogen (secondary N) is 1. The number of piperidine rings is 1. The van der Waals surface area contributed by atoms with E-state index >= 15 is 0 Å². The van der Waals surface area contributed by atoms with Crippen LogP contribution < -0.4 is 5.32 Å². The maximum atomic E-state index is 12.2. The van der Waals surface area contributed by atoms with Crippen LogP contribution in [-0.4, -0.2) is 55.1 Å². The van der Waals surface area contributed by atoms with Gasteiger partial charge in [0.25, 0.3) is 0 Å². The monoisotopic (exact) mass is 320 g/mol. The lowest BCUT2D eigenvalue weighted by molar-refractivity contribution is -0.138. The number of hydrogen-bond acceptors (Lipinski definition) is 4. The van der Waals surface area contributed by atoms with E-state index in [2.05, 4.69) is 5.32 Å². The van der Waals surface area contributed by atoms with Crippen LogP contribution in [-0.2, 0) is 19.6 Å². The molecule has 0 aromatic heterocycles. The largest absolute Gasteiger partial charge is 0.481 e. The zero-order chi connectivity index (χ0) is 16.2. The van der Waals surface area contributed by atoms with Crippen molar-refractivity contribution in [2.45, 2.75) is 39.2 Å². The summed E-state index contributed by atoms with van der Waals surface area (Å²) in [6.45, 7) is 4.29. The van der Waals surface area contributed by atoms with Crippen LogP contribution in [0.15, 0.2) is 0 Å². The summed E-state index contributed by atoms with van der Waals surface area (Å²) >= 11 is 0. The molecule has 0 bridgehead atoms. The molecule has 2 unspecified atom stereocenters. The molecule has 1 rings (SSSR count). The maximum Gasteiger partial charge on any atom is 0.305 e. The van der Waals surface area contributed by atoms with Crippen LogP contribution in [0.5, 0.6) is 0 Å². The lowest BCUT2D eigenvalue weighted by Crippen LogP contribution is -2.48. The number of amides is 1. The van der Waals surface area contributed by atoms with E-state index in [1.165, 1.54) is 4.31 Å². The molecule has 2 atom stereocenters. The van der Waals surface area contributed by atoms with E-state index in [1.54, 1.807) is 0 Å². The van der Waals surface area contributed by atoms with Crippen molar-refractivity contribution in [3.63, 3.8) is 0 Å². The predicted molar refractivity (Wildman–Crippen MR) is 78.2 cm³/mol. The minimum atomic E-state index is -3.30. The van der Waals surface area contributed by atoms with Crippen LogP contribution in [0.3, 0.4) is 0 Å². The number of hydrogen-bond donors (Lipinski definition) is 2. The Morgan fingerprint density at radius 3 is 2.48 bits per heavy atom. The second-order valence-corrected chi connectivity index (χ2v) is 7.90. The first kappa shape index (κ1) is 17.9. The average Bonchev–Trinajstić information content (AvgIpc) is 2.36. The number of aliphatic carboxylic acids is 1. The molecule has 21 heavy (non-hydrogen) atoms. The Hall–Kier alpha value is -1.15. The van der Waals surface area contributed by atoms with E-state index in [0.717, 1.165) is 6.26 Å². The van der Waals surface area contributed by atoms with Gasteiger partial charge in [-0.25, -0.2) is 12.7 Å². The molecular formula is C13H24N2O5S. The Morgan fingerprint density at radius 2 is 2.00 bits per heavy atom. The standard InChI is InChI=1S/C13H24N2O5S/c1-9(2)11(7-12(16)17)14-13(18)10-5-4-6-15(8-10)21(3,19)20/h9-11H,4-8H2,1-3H3,(H,14,18)(H,16,17). The molecule has 2 N–H and O–H groups in total. The SMILES string of the molecule is CC(C)C(CC(=O)O)NC(=O)C1CCCN(S(C)(=O)=O)C1.